The van der Waals surface area contributed by atoms with Gasteiger partial charge in [-0.2, -0.15) is 0 Å². The van der Waals surface area contributed by atoms with Crippen LogP contribution in [0.2, 0.25) is 0 Å². The van der Waals surface area contributed by atoms with Gasteiger partial charge in [0.25, 0.3) is 0 Å². The number of ether oxygens (including phenoxy) is 1. The van der Waals surface area contributed by atoms with E-state index in [4.69, 9.17) is 10.5 Å². The minimum absolute atomic E-state index is 0.129. The van der Waals surface area contributed by atoms with E-state index in [9.17, 15) is 4.79 Å². The molecule has 2 N–H and O–H groups in total. The minimum atomic E-state index is -0.258. The van der Waals surface area contributed by atoms with Crippen molar-refractivity contribution in [2.45, 2.75) is 46.1 Å². The molecule has 0 heterocycles. The fourth-order valence-electron chi connectivity index (χ4n) is 1.86. The van der Waals surface area contributed by atoms with Gasteiger partial charge in [-0.25, -0.2) is 0 Å². The van der Waals surface area contributed by atoms with Crippen LogP contribution in [-0.4, -0.2) is 12.0 Å². The van der Waals surface area contributed by atoms with Gasteiger partial charge in [-0.15, -0.1) is 0 Å². The quantitative estimate of drug-likeness (QED) is 0.807. The predicted octanol–water partition coefficient (Wildman–Crippen LogP) is 2.92. The van der Waals surface area contributed by atoms with Crippen molar-refractivity contribution in [3.8, 4) is 5.75 Å². The van der Waals surface area contributed by atoms with Crippen molar-refractivity contribution in [1.29, 1.82) is 0 Å². The molecule has 1 unspecified atom stereocenters. The van der Waals surface area contributed by atoms with Crippen molar-refractivity contribution in [2.24, 2.45) is 11.7 Å². The molecule has 0 bridgehead atoms. The first kappa shape index (κ1) is 14.6. The zero-order chi connectivity index (χ0) is 13.5. The molecule has 3 nitrogen and oxygen atoms in total. The maximum absolute atomic E-state index is 11.0. The molecule has 18 heavy (non-hydrogen) atoms. The SMILES string of the molecule is CCCC(C)Oc1ccc(C[C@@H](C)C(N)=O)cc1. The van der Waals surface area contributed by atoms with Crippen LogP contribution in [-0.2, 0) is 11.2 Å². The van der Waals surface area contributed by atoms with Crippen molar-refractivity contribution in [3.63, 3.8) is 0 Å². The average molecular weight is 249 g/mol. The Morgan fingerprint density at radius 2 is 1.89 bits per heavy atom. The molecule has 0 fully saturated rings. The lowest BCUT2D eigenvalue weighted by atomic mass is 10.0. The van der Waals surface area contributed by atoms with Gasteiger partial charge in [0.1, 0.15) is 5.75 Å². The van der Waals surface area contributed by atoms with Crippen LogP contribution in [0.3, 0.4) is 0 Å². The molecule has 0 saturated carbocycles. The second kappa shape index (κ2) is 7.04. The Kier molecular flexibility index (Phi) is 5.69. The zero-order valence-electron chi connectivity index (χ0n) is 11.5. The molecule has 1 amide bonds. The second-order valence-corrected chi connectivity index (χ2v) is 4.87. The lowest BCUT2D eigenvalue weighted by Gasteiger charge is -2.14. The van der Waals surface area contributed by atoms with Gasteiger partial charge in [-0.05, 0) is 37.5 Å². The number of benzene rings is 1. The Morgan fingerprint density at radius 3 is 2.39 bits per heavy atom. The van der Waals surface area contributed by atoms with E-state index in [1.165, 1.54) is 0 Å². The summed E-state index contributed by atoms with van der Waals surface area (Å²) in [4.78, 5) is 11.0. The van der Waals surface area contributed by atoms with Gasteiger partial charge >= 0.3 is 0 Å². The molecule has 3 heteroatoms. The molecule has 1 aromatic carbocycles. The smallest absolute Gasteiger partial charge is 0.220 e. The third-order valence-corrected chi connectivity index (χ3v) is 2.98. The Bertz CT molecular complexity index is 373. The highest BCUT2D eigenvalue weighted by Crippen LogP contribution is 2.17. The summed E-state index contributed by atoms with van der Waals surface area (Å²) in [6.07, 6.45) is 3.10. The first-order chi connectivity index (χ1) is 8.52. The maximum atomic E-state index is 11.0. The van der Waals surface area contributed by atoms with Crippen molar-refractivity contribution in [3.05, 3.63) is 29.8 Å². The zero-order valence-corrected chi connectivity index (χ0v) is 11.5. The predicted molar refractivity (Wildman–Crippen MR) is 73.5 cm³/mol. The largest absolute Gasteiger partial charge is 0.491 e. The number of carbonyl (C=O) groups is 1. The molecular weight excluding hydrogens is 226 g/mol. The Balaban J connectivity index is 2.54. The van der Waals surface area contributed by atoms with E-state index in [-0.39, 0.29) is 17.9 Å². The van der Waals surface area contributed by atoms with E-state index in [0.29, 0.717) is 6.42 Å². The molecule has 100 valence electrons. The monoisotopic (exact) mass is 249 g/mol. The van der Waals surface area contributed by atoms with Crippen molar-refractivity contribution in [1.82, 2.24) is 0 Å². The molecule has 1 rings (SSSR count). The third kappa shape index (κ3) is 4.78. The summed E-state index contributed by atoms with van der Waals surface area (Å²) in [6.45, 7) is 6.07. The van der Waals surface area contributed by atoms with Gasteiger partial charge in [0.15, 0.2) is 0 Å². The topological polar surface area (TPSA) is 52.3 Å². The van der Waals surface area contributed by atoms with Gasteiger partial charge < -0.3 is 10.5 Å². The molecule has 0 saturated heterocycles. The van der Waals surface area contributed by atoms with E-state index in [1.807, 2.05) is 31.2 Å². The highest BCUT2D eigenvalue weighted by molar-refractivity contribution is 5.76. The molecule has 1 aromatic rings. The van der Waals surface area contributed by atoms with Crippen LogP contribution in [0.15, 0.2) is 24.3 Å². The first-order valence-electron chi connectivity index (χ1n) is 6.57. The molecule has 0 aromatic heterocycles. The minimum Gasteiger partial charge on any atom is -0.491 e. The number of nitrogens with two attached hydrogens (primary N) is 1. The molecular formula is C15H23NO2. The number of hydrogen-bond donors (Lipinski definition) is 1. The fraction of sp³-hybridized carbons (Fsp3) is 0.533. The van der Waals surface area contributed by atoms with Gasteiger partial charge in [0.05, 0.1) is 6.10 Å². The van der Waals surface area contributed by atoms with Gasteiger partial charge in [-0.3, -0.25) is 4.79 Å². The van der Waals surface area contributed by atoms with Crippen LogP contribution >= 0.6 is 0 Å². The van der Waals surface area contributed by atoms with Crippen LogP contribution in [0.5, 0.6) is 5.75 Å². The van der Waals surface area contributed by atoms with E-state index >= 15 is 0 Å². The van der Waals surface area contributed by atoms with Gasteiger partial charge in [-0.1, -0.05) is 32.4 Å². The molecule has 2 atom stereocenters. The Hall–Kier alpha value is -1.51. The lowest BCUT2D eigenvalue weighted by molar-refractivity contribution is -0.121. The van der Waals surface area contributed by atoms with Gasteiger partial charge in [0, 0.05) is 5.92 Å². The molecule has 0 aliphatic heterocycles. The van der Waals surface area contributed by atoms with E-state index < -0.39 is 0 Å². The normalized spacial score (nSPS) is 13.9. The van der Waals surface area contributed by atoms with E-state index in [0.717, 1.165) is 24.2 Å². The summed E-state index contributed by atoms with van der Waals surface area (Å²) in [7, 11) is 0. The summed E-state index contributed by atoms with van der Waals surface area (Å²) in [5, 5.41) is 0. The van der Waals surface area contributed by atoms with Crippen LogP contribution < -0.4 is 10.5 Å². The van der Waals surface area contributed by atoms with Crippen LogP contribution in [0, 0.1) is 5.92 Å². The number of hydrogen-bond acceptors (Lipinski definition) is 2. The van der Waals surface area contributed by atoms with E-state index in [1.54, 1.807) is 0 Å². The number of rotatable bonds is 7. The van der Waals surface area contributed by atoms with E-state index in [2.05, 4.69) is 13.8 Å². The van der Waals surface area contributed by atoms with Gasteiger partial charge in [0.2, 0.25) is 5.91 Å². The summed E-state index contributed by atoms with van der Waals surface area (Å²) >= 11 is 0. The number of carbonyl (C=O) groups excluding carboxylic acids is 1. The molecule has 0 spiro atoms. The maximum Gasteiger partial charge on any atom is 0.220 e. The summed E-state index contributed by atoms with van der Waals surface area (Å²) in [6, 6.07) is 7.89. The standard InChI is InChI=1S/C15H23NO2/c1-4-5-12(3)18-14-8-6-13(7-9-14)10-11(2)15(16)17/h6-9,11-12H,4-5,10H2,1-3H3,(H2,16,17)/t11-,12?/m1/s1. The Labute approximate surface area is 109 Å². The fourth-order valence-corrected chi connectivity index (χ4v) is 1.86. The highest BCUT2D eigenvalue weighted by Gasteiger charge is 2.09. The molecule has 0 radical (unpaired) electrons. The third-order valence-electron chi connectivity index (χ3n) is 2.98. The van der Waals surface area contributed by atoms with Crippen molar-refractivity contribution in [2.75, 3.05) is 0 Å². The van der Waals surface area contributed by atoms with Crippen molar-refractivity contribution >= 4 is 5.91 Å². The summed E-state index contributed by atoms with van der Waals surface area (Å²) in [5.74, 6) is 0.495. The summed E-state index contributed by atoms with van der Waals surface area (Å²) in [5.41, 5.74) is 6.36. The Morgan fingerprint density at radius 1 is 1.28 bits per heavy atom. The van der Waals surface area contributed by atoms with Crippen LogP contribution in [0.1, 0.15) is 39.2 Å². The molecule has 0 aliphatic carbocycles. The lowest BCUT2D eigenvalue weighted by Crippen LogP contribution is -2.22. The second-order valence-electron chi connectivity index (χ2n) is 4.87. The number of amides is 1. The molecule has 0 aliphatic rings. The van der Waals surface area contributed by atoms with Crippen molar-refractivity contribution < 1.29 is 9.53 Å². The van der Waals surface area contributed by atoms with Crippen LogP contribution in [0.25, 0.3) is 0 Å². The average Bonchev–Trinajstić information content (AvgIpc) is 2.31. The highest BCUT2D eigenvalue weighted by atomic mass is 16.5. The first-order valence-corrected chi connectivity index (χ1v) is 6.57. The summed E-state index contributed by atoms with van der Waals surface area (Å²) < 4.78 is 5.77. The number of primary amides is 1. The van der Waals surface area contributed by atoms with Crippen LogP contribution in [0.4, 0.5) is 0 Å².